The van der Waals surface area contributed by atoms with E-state index in [4.69, 9.17) is 4.74 Å². The number of ether oxygens (including phenoxy) is 1. The Morgan fingerprint density at radius 2 is 1.73 bits per heavy atom. The van der Waals surface area contributed by atoms with Crippen LogP contribution in [0.2, 0.25) is 0 Å². The first kappa shape index (κ1) is 21.6. The second-order valence-electron chi connectivity index (χ2n) is 7.37. The minimum absolute atomic E-state index is 0.368. The molecule has 6 heteroatoms. The minimum Gasteiger partial charge on any atom is -0.376 e. The van der Waals surface area contributed by atoms with Gasteiger partial charge in [0.05, 0.1) is 19.8 Å². The van der Waals surface area contributed by atoms with Crippen molar-refractivity contribution in [3.63, 3.8) is 0 Å². The van der Waals surface area contributed by atoms with Crippen molar-refractivity contribution in [2.75, 3.05) is 20.2 Å². The molecule has 2 aromatic carbocycles. The highest BCUT2D eigenvalue weighted by Crippen LogP contribution is 2.06. The van der Waals surface area contributed by atoms with E-state index in [1.807, 2.05) is 36.7 Å². The second kappa shape index (κ2) is 11.8. The molecule has 30 heavy (non-hydrogen) atoms. The lowest BCUT2D eigenvalue weighted by Crippen LogP contribution is -2.40. The summed E-state index contributed by atoms with van der Waals surface area (Å²) in [6, 6.07) is 20.6. The average molecular weight is 406 g/mol. The van der Waals surface area contributed by atoms with Gasteiger partial charge >= 0.3 is 0 Å². The van der Waals surface area contributed by atoms with Gasteiger partial charge in [-0.3, -0.25) is 4.99 Å². The van der Waals surface area contributed by atoms with Crippen LogP contribution < -0.4 is 10.6 Å². The van der Waals surface area contributed by atoms with Gasteiger partial charge in [-0.15, -0.1) is 0 Å². The third-order valence-electron chi connectivity index (χ3n) is 4.77. The molecule has 0 saturated carbocycles. The number of hydrogen-bond donors (Lipinski definition) is 2. The molecule has 0 radical (unpaired) electrons. The van der Waals surface area contributed by atoms with Crippen LogP contribution in [0.25, 0.3) is 0 Å². The zero-order chi connectivity index (χ0) is 21.0. The first-order valence-corrected chi connectivity index (χ1v) is 10.3. The summed E-state index contributed by atoms with van der Waals surface area (Å²) in [4.78, 5) is 8.80. The van der Waals surface area contributed by atoms with Crippen molar-refractivity contribution in [1.82, 2.24) is 20.2 Å². The summed E-state index contributed by atoms with van der Waals surface area (Å²) in [6.07, 6.45) is 3.84. The lowest BCUT2D eigenvalue weighted by atomic mass is 10.2. The first-order valence-electron chi connectivity index (χ1n) is 10.3. The van der Waals surface area contributed by atoms with Crippen molar-refractivity contribution in [3.05, 3.63) is 90.0 Å². The molecule has 0 amide bonds. The smallest absolute Gasteiger partial charge is 0.191 e. The van der Waals surface area contributed by atoms with Crippen molar-refractivity contribution in [3.8, 4) is 0 Å². The number of aromatic nitrogens is 2. The molecule has 0 aliphatic carbocycles. The molecular weight excluding hydrogens is 374 g/mol. The number of aliphatic imine (C=N–C) groups is 1. The molecule has 1 aromatic heterocycles. The number of guanidine groups is 1. The van der Waals surface area contributed by atoms with Crippen LogP contribution in [0.15, 0.2) is 78.0 Å². The third kappa shape index (κ3) is 7.04. The van der Waals surface area contributed by atoms with Crippen molar-refractivity contribution >= 4 is 5.96 Å². The number of nitrogens with one attached hydrogen (secondary N) is 2. The minimum atomic E-state index is 0.368. The molecule has 3 rings (SSSR count). The van der Waals surface area contributed by atoms with Gasteiger partial charge in [-0.05, 0) is 17.0 Å². The zero-order valence-corrected chi connectivity index (χ0v) is 17.8. The van der Waals surface area contributed by atoms with Crippen LogP contribution in [-0.2, 0) is 24.4 Å². The molecule has 158 valence electrons. The molecule has 0 aliphatic heterocycles. The zero-order valence-electron chi connectivity index (χ0n) is 17.8. The van der Waals surface area contributed by atoms with Gasteiger partial charge in [0.15, 0.2) is 5.96 Å². The predicted octanol–water partition coefficient (Wildman–Crippen LogP) is 3.45. The number of nitrogens with zero attached hydrogens (tertiary/aromatic N) is 3. The number of imidazole rings is 1. The van der Waals surface area contributed by atoms with Crippen molar-refractivity contribution in [2.24, 2.45) is 10.9 Å². The molecule has 0 aliphatic rings. The molecule has 2 N–H and O–H groups in total. The van der Waals surface area contributed by atoms with Gasteiger partial charge < -0.3 is 19.9 Å². The van der Waals surface area contributed by atoms with Crippen molar-refractivity contribution in [2.45, 2.75) is 26.6 Å². The number of hydrogen-bond acceptors (Lipinski definition) is 3. The van der Waals surface area contributed by atoms with Gasteiger partial charge in [-0.25, -0.2) is 4.98 Å². The fourth-order valence-electron chi connectivity index (χ4n) is 3.10. The largest absolute Gasteiger partial charge is 0.376 e. The number of benzene rings is 2. The van der Waals surface area contributed by atoms with E-state index in [2.05, 4.69) is 68.5 Å². The van der Waals surface area contributed by atoms with Crippen molar-refractivity contribution < 1.29 is 4.74 Å². The van der Waals surface area contributed by atoms with Crippen LogP contribution in [0.5, 0.6) is 0 Å². The monoisotopic (exact) mass is 405 g/mol. The van der Waals surface area contributed by atoms with Crippen LogP contribution in [0.4, 0.5) is 0 Å². The number of rotatable bonds is 10. The van der Waals surface area contributed by atoms with E-state index >= 15 is 0 Å². The molecule has 0 bridgehead atoms. The van der Waals surface area contributed by atoms with Gasteiger partial charge in [0.2, 0.25) is 0 Å². The molecule has 1 atom stereocenters. The molecule has 6 nitrogen and oxygen atoms in total. The second-order valence-corrected chi connectivity index (χ2v) is 7.37. The first-order chi connectivity index (χ1) is 14.7. The van der Waals surface area contributed by atoms with Gasteiger partial charge in [-0.2, -0.15) is 0 Å². The average Bonchev–Trinajstić information content (AvgIpc) is 3.22. The fourth-order valence-corrected chi connectivity index (χ4v) is 3.10. The van der Waals surface area contributed by atoms with Gasteiger partial charge in [0.25, 0.3) is 0 Å². The van der Waals surface area contributed by atoms with Crippen LogP contribution in [0.3, 0.4) is 0 Å². The Labute approximate surface area is 179 Å². The van der Waals surface area contributed by atoms with E-state index in [9.17, 15) is 0 Å². The third-order valence-corrected chi connectivity index (χ3v) is 4.77. The highest BCUT2D eigenvalue weighted by molar-refractivity contribution is 5.79. The fraction of sp³-hybridized carbons (Fsp3) is 0.333. The molecular formula is C24H31N5O. The Hall–Kier alpha value is -3.12. The van der Waals surface area contributed by atoms with E-state index in [0.29, 0.717) is 25.7 Å². The lowest BCUT2D eigenvalue weighted by molar-refractivity contribution is 0.0931. The van der Waals surface area contributed by atoms with Crippen LogP contribution in [0.1, 0.15) is 23.9 Å². The Balaban J connectivity index is 1.39. The van der Waals surface area contributed by atoms with Crippen LogP contribution >= 0.6 is 0 Å². The summed E-state index contributed by atoms with van der Waals surface area (Å²) in [5.74, 6) is 2.10. The van der Waals surface area contributed by atoms with Crippen LogP contribution in [0, 0.1) is 5.92 Å². The van der Waals surface area contributed by atoms with Gasteiger partial charge in [0.1, 0.15) is 5.82 Å². The maximum Gasteiger partial charge on any atom is 0.191 e. The normalized spacial score (nSPS) is 12.5. The van der Waals surface area contributed by atoms with Crippen LogP contribution in [-0.4, -0.2) is 35.7 Å². The van der Waals surface area contributed by atoms with Gasteiger partial charge in [-0.1, -0.05) is 67.6 Å². The van der Waals surface area contributed by atoms with Crippen molar-refractivity contribution in [1.29, 1.82) is 0 Å². The molecule has 3 aromatic rings. The molecule has 1 heterocycles. The SMILES string of the molecule is CN=C(NCc1nccn1Cc1ccccc1)NCC(C)COCc1ccccc1. The van der Waals surface area contributed by atoms with E-state index in [-0.39, 0.29) is 0 Å². The summed E-state index contributed by atoms with van der Waals surface area (Å²) in [5, 5.41) is 6.72. The Bertz CT molecular complexity index is 892. The summed E-state index contributed by atoms with van der Waals surface area (Å²) in [7, 11) is 1.78. The van der Waals surface area contributed by atoms with E-state index in [0.717, 1.165) is 24.9 Å². The standard InChI is InChI=1S/C24H31N5O/c1-20(18-30-19-22-11-7-4-8-12-22)15-27-24(25-2)28-16-23-26-13-14-29(23)17-21-9-5-3-6-10-21/h3-14,20H,15-19H2,1-2H3,(H2,25,27,28). The Morgan fingerprint density at radius 3 is 2.43 bits per heavy atom. The highest BCUT2D eigenvalue weighted by Gasteiger charge is 2.07. The molecule has 0 fully saturated rings. The quantitative estimate of drug-likeness (QED) is 0.401. The Kier molecular flexibility index (Phi) is 8.47. The summed E-state index contributed by atoms with van der Waals surface area (Å²) >= 11 is 0. The van der Waals surface area contributed by atoms with E-state index < -0.39 is 0 Å². The topological polar surface area (TPSA) is 63.5 Å². The maximum absolute atomic E-state index is 5.82. The summed E-state index contributed by atoms with van der Waals surface area (Å²) in [5.41, 5.74) is 2.45. The Morgan fingerprint density at radius 1 is 1.03 bits per heavy atom. The lowest BCUT2D eigenvalue weighted by Gasteiger charge is -2.16. The molecule has 1 unspecified atom stereocenters. The predicted molar refractivity (Wildman–Crippen MR) is 121 cm³/mol. The highest BCUT2D eigenvalue weighted by atomic mass is 16.5. The van der Waals surface area contributed by atoms with E-state index in [1.54, 1.807) is 7.05 Å². The summed E-state index contributed by atoms with van der Waals surface area (Å²) < 4.78 is 7.97. The van der Waals surface area contributed by atoms with Gasteiger partial charge in [0, 0.05) is 32.5 Å². The molecule has 0 saturated heterocycles. The molecule has 0 spiro atoms. The maximum atomic E-state index is 5.82. The van der Waals surface area contributed by atoms with E-state index in [1.165, 1.54) is 11.1 Å². The summed E-state index contributed by atoms with van der Waals surface area (Å²) in [6.45, 7) is 5.70.